The molecule has 2 amide bonds. The van der Waals surface area contributed by atoms with E-state index in [-0.39, 0.29) is 24.3 Å². The molecule has 1 aliphatic carbocycles. The van der Waals surface area contributed by atoms with E-state index in [0.29, 0.717) is 28.6 Å². The number of nitrogens with zero attached hydrogens (tertiary/aromatic N) is 4. The second-order valence-electron chi connectivity index (χ2n) is 7.62. The second kappa shape index (κ2) is 7.25. The fraction of sp³-hybridized carbons (Fsp3) is 0.286. The monoisotopic (exact) mass is 403 g/mol. The summed E-state index contributed by atoms with van der Waals surface area (Å²) in [6, 6.07) is 8.11. The van der Waals surface area contributed by atoms with E-state index in [1.807, 2.05) is 31.2 Å². The minimum absolute atomic E-state index is 0.0436. The fourth-order valence-electron chi connectivity index (χ4n) is 3.43. The average molecular weight is 403 g/mol. The molecular weight excluding hydrogens is 382 g/mol. The van der Waals surface area contributed by atoms with Crippen LogP contribution in [0.3, 0.4) is 0 Å². The second-order valence-corrected chi connectivity index (χ2v) is 7.62. The van der Waals surface area contributed by atoms with Gasteiger partial charge in [0.15, 0.2) is 5.65 Å². The first kappa shape index (κ1) is 18.3. The van der Waals surface area contributed by atoms with Crippen LogP contribution < -0.4 is 16.0 Å². The predicted molar refractivity (Wildman–Crippen MR) is 112 cm³/mol. The summed E-state index contributed by atoms with van der Waals surface area (Å²) in [5, 5.41) is 13.6. The quantitative estimate of drug-likeness (QED) is 0.427. The van der Waals surface area contributed by atoms with Gasteiger partial charge in [0, 0.05) is 29.4 Å². The van der Waals surface area contributed by atoms with Crippen LogP contribution in [0.5, 0.6) is 0 Å². The standard InChI is InChI=1S/C21H21N7O2/c1-12(16-4-2-3-7-22-16)24-17-10-18(25-15-5-6-15)28-20(26-17)14(11-23-28)8-13-9-19(29)27-21(13)30/h2-4,7-8,10-12,15,25H,5-6,9H2,1H3,(H,24,26)(H,27,29,30)/b13-8+. The molecule has 152 valence electrons. The van der Waals surface area contributed by atoms with E-state index in [4.69, 9.17) is 4.98 Å². The van der Waals surface area contributed by atoms with Gasteiger partial charge in [-0.2, -0.15) is 9.61 Å². The molecule has 4 heterocycles. The van der Waals surface area contributed by atoms with Gasteiger partial charge in [-0.1, -0.05) is 6.07 Å². The molecule has 0 aromatic carbocycles. The Labute approximate surface area is 172 Å². The summed E-state index contributed by atoms with van der Waals surface area (Å²) >= 11 is 0. The van der Waals surface area contributed by atoms with Gasteiger partial charge in [0.25, 0.3) is 5.91 Å². The highest BCUT2D eigenvalue weighted by Crippen LogP contribution is 2.29. The number of rotatable bonds is 6. The molecule has 1 saturated carbocycles. The van der Waals surface area contributed by atoms with E-state index in [1.165, 1.54) is 0 Å². The molecule has 1 unspecified atom stereocenters. The highest BCUT2D eigenvalue weighted by atomic mass is 16.2. The Morgan fingerprint density at radius 1 is 1.30 bits per heavy atom. The van der Waals surface area contributed by atoms with Crippen molar-refractivity contribution >= 4 is 35.2 Å². The van der Waals surface area contributed by atoms with Crippen LogP contribution in [0.2, 0.25) is 0 Å². The first-order valence-corrected chi connectivity index (χ1v) is 9.94. The Kier molecular flexibility index (Phi) is 4.42. The van der Waals surface area contributed by atoms with Crippen LogP contribution in [0.4, 0.5) is 11.6 Å². The van der Waals surface area contributed by atoms with Crippen molar-refractivity contribution in [3.05, 3.63) is 53.5 Å². The molecule has 9 nitrogen and oxygen atoms in total. The number of carbonyl (C=O) groups is 2. The molecule has 1 aliphatic heterocycles. The lowest BCUT2D eigenvalue weighted by Crippen LogP contribution is -2.19. The molecular formula is C21H21N7O2. The Morgan fingerprint density at radius 3 is 2.87 bits per heavy atom. The maximum Gasteiger partial charge on any atom is 0.254 e. The molecule has 2 fully saturated rings. The summed E-state index contributed by atoms with van der Waals surface area (Å²) in [6.07, 6.45) is 7.42. The Balaban J connectivity index is 1.53. The van der Waals surface area contributed by atoms with E-state index in [2.05, 4.69) is 26.0 Å². The van der Waals surface area contributed by atoms with Gasteiger partial charge in [-0.15, -0.1) is 0 Å². The fourth-order valence-corrected chi connectivity index (χ4v) is 3.43. The van der Waals surface area contributed by atoms with Crippen molar-refractivity contribution in [1.82, 2.24) is 24.9 Å². The molecule has 30 heavy (non-hydrogen) atoms. The van der Waals surface area contributed by atoms with Crippen LogP contribution >= 0.6 is 0 Å². The van der Waals surface area contributed by atoms with Gasteiger partial charge in [-0.05, 0) is 38.0 Å². The van der Waals surface area contributed by atoms with Gasteiger partial charge in [0.1, 0.15) is 11.6 Å². The van der Waals surface area contributed by atoms with Gasteiger partial charge in [0.2, 0.25) is 5.91 Å². The number of amides is 2. The summed E-state index contributed by atoms with van der Waals surface area (Å²) in [4.78, 5) is 32.6. The average Bonchev–Trinajstić information content (AvgIpc) is 3.37. The van der Waals surface area contributed by atoms with E-state index in [0.717, 1.165) is 24.4 Å². The van der Waals surface area contributed by atoms with E-state index < -0.39 is 0 Å². The van der Waals surface area contributed by atoms with Crippen molar-refractivity contribution in [3.63, 3.8) is 0 Å². The summed E-state index contributed by atoms with van der Waals surface area (Å²) in [6.45, 7) is 2.02. The minimum atomic E-state index is -0.367. The Hall–Kier alpha value is -3.75. The normalized spacial score (nSPS) is 18.6. The maximum absolute atomic E-state index is 12.0. The third kappa shape index (κ3) is 3.61. The lowest BCUT2D eigenvalue weighted by molar-refractivity contribution is -0.124. The first-order chi connectivity index (χ1) is 14.6. The van der Waals surface area contributed by atoms with Crippen molar-refractivity contribution in [2.45, 2.75) is 38.3 Å². The summed E-state index contributed by atoms with van der Waals surface area (Å²) in [7, 11) is 0. The SMILES string of the molecule is CC(Nc1cc(NC2CC2)n2ncc(/C=C3\CC(=O)NC3=O)c2n1)c1ccccn1. The van der Waals surface area contributed by atoms with Gasteiger partial charge < -0.3 is 10.6 Å². The van der Waals surface area contributed by atoms with Gasteiger partial charge in [0.05, 0.1) is 24.4 Å². The van der Waals surface area contributed by atoms with Gasteiger partial charge in [-0.3, -0.25) is 19.9 Å². The first-order valence-electron chi connectivity index (χ1n) is 9.94. The molecule has 0 spiro atoms. The van der Waals surface area contributed by atoms with Crippen molar-refractivity contribution in [2.75, 3.05) is 10.6 Å². The van der Waals surface area contributed by atoms with Crippen LogP contribution in [0.1, 0.15) is 43.5 Å². The number of hydrogen-bond acceptors (Lipinski definition) is 7. The smallest absolute Gasteiger partial charge is 0.254 e. The van der Waals surface area contributed by atoms with Gasteiger partial charge in [-0.25, -0.2) is 4.98 Å². The lowest BCUT2D eigenvalue weighted by Gasteiger charge is -2.16. The molecule has 0 radical (unpaired) electrons. The number of aromatic nitrogens is 4. The molecule has 1 saturated heterocycles. The van der Waals surface area contributed by atoms with Crippen LogP contribution in [-0.2, 0) is 9.59 Å². The van der Waals surface area contributed by atoms with Crippen LogP contribution in [-0.4, -0.2) is 37.4 Å². The van der Waals surface area contributed by atoms with Crippen molar-refractivity contribution < 1.29 is 9.59 Å². The van der Waals surface area contributed by atoms with E-state index in [1.54, 1.807) is 23.0 Å². The summed E-state index contributed by atoms with van der Waals surface area (Å²) in [5.74, 6) is 0.845. The zero-order valence-corrected chi connectivity index (χ0v) is 16.4. The minimum Gasteiger partial charge on any atom is -0.367 e. The highest BCUT2D eigenvalue weighted by molar-refractivity contribution is 6.15. The zero-order chi connectivity index (χ0) is 20.7. The number of carbonyl (C=O) groups excluding carboxylic acids is 2. The Bertz CT molecular complexity index is 1160. The highest BCUT2D eigenvalue weighted by Gasteiger charge is 2.26. The van der Waals surface area contributed by atoms with Crippen LogP contribution in [0.15, 0.2) is 42.2 Å². The number of pyridine rings is 1. The number of hydrogen-bond donors (Lipinski definition) is 3. The molecule has 3 aromatic rings. The summed E-state index contributed by atoms with van der Waals surface area (Å²) in [5.41, 5.74) is 2.61. The molecule has 2 aliphatic rings. The lowest BCUT2D eigenvalue weighted by atomic mass is 10.1. The zero-order valence-electron chi connectivity index (χ0n) is 16.4. The third-order valence-corrected chi connectivity index (χ3v) is 5.15. The molecule has 0 bridgehead atoms. The van der Waals surface area contributed by atoms with E-state index >= 15 is 0 Å². The molecule has 5 rings (SSSR count). The number of nitrogens with one attached hydrogen (secondary N) is 3. The van der Waals surface area contributed by atoms with Crippen molar-refractivity contribution in [3.8, 4) is 0 Å². The summed E-state index contributed by atoms with van der Waals surface area (Å²) < 4.78 is 1.73. The number of anilines is 2. The predicted octanol–water partition coefficient (Wildman–Crippen LogP) is 2.30. The maximum atomic E-state index is 12.0. The van der Waals surface area contributed by atoms with Crippen molar-refractivity contribution in [1.29, 1.82) is 0 Å². The number of imide groups is 1. The van der Waals surface area contributed by atoms with Gasteiger partial charge >= 0.3 is 0 Å². The molecule has 3 N–H and O–H groups in total. The topological polar surface area (TPSA) is 113 Å². The third-order valence-electron chi connectivity index (χ3n) is 5.15. The number of fused-ring (bicyclic) bond motifs is 1. The molecule has 1 atom stereocenters. The van der Waals surface area contributed by atoms with Crippen LogP contribution in [0, 0.1) is 0 Å². The Morgan fingerprint density at radius 2 is 2.17 bits per heavy atom. The molecule has 9 heteroatoms. The largest absolute Gasteiger partial charge is 0.367 e. The van der Waals surface area contributed by atoms with Crippen LogP contribution in [0.25, 0.3) is 11.7 Å². The van der Waals surface area contributed by atoms with Crippen molar-refractivity contribution in [2.24, 2.45) is 0 Å². The molecule has 3 aromatic heterocycles. The van der Waals surface area contributed by atoms with E-state index in [9.17, 15) is 9.59 Å².